The van der Waals surface area contributed by atoms with E-state index >= 15 is 0 Å². The van der Waals surface area contributed by atoms with Gasteiger partial charge in [-0.15, -0.1) is 0 Å². The average molecular weight is 508 g/mol. The zero-order valence-corrected chi connectivity index (χ0v) is 20.8. The number of nitrogens with zero attached hydrogens (tertiary/aromatic N) is 2. The van der Waals surface area contributed by atoms with Crippen molar-refractivity contribution >= 4 is 40.2 Å². The van der Waals surface area contributed by atoms with Gasteiger partial charge in [-0.05, 0) is 79.0 Å². The molecule has 7 heteroatoms. The first-order valence-electron chi connectivity index (χ1n) is 11.9. The molecule has 2 N–H and O–H groups in total. The zero-order valence-electron chi connectivity index (χ0n) is 19.3. The van der Waals surface area contributed by atoms with Crippen molar-refractivity contribution < 1.29 is 9.90 Å². The van der Waals surface area contributed by atoms with Gasteiger partial charge in [0.15, 0.2) is 0 Å². The fourth-order valence-corrected chi connectivity index (χ4v) is 5.35. The number of nitrogens with one attached hydrogen (secondary N) is 1. The molecule has 35 heavy (non-hydrogen) atoms. The largest absolute Gasteiger partial charge is 0.481 e. The number of aliphatic carboxylic acids is 1. The Bertz CT molecular complexity index is 1280. The second kappa shape index (κ2) is 10.4. The Kier molecular flexibility index (Phi) is 7.09. The summed E-state index contributed by atoms with van der Waals surface area (Å²) >= 11 is 12.4. The van der Waals surface area contributed by atoms with Gasteiger partial charge in [-0.25, -0.2) is 4.98 Å². The van der Waals surface area contributed by atoms with Crippen molar-refractivity contribution in [3.8, 4) is 0 Å². The third-order valence-electron chi connectivity index (χ3n) is 6.76. The van der Waals surface area contributed by atoms with E-state index in [0.717, 1.165) is 59.5 Å². The minimum Gasteiger partial charge on any atom is -0.481 e. The van der Waals surface area contributed by atoms with E-state index in [0.29, 0.717) is 22.5 Å². The van der Waals surface area contributed by atoms with Gasteiger partial charge in [0, 0.05) is 28.4 Å². The van der Waals surface area contributed by atoms with Crippen LogP contribution in [-0.2, 0) is 11.2 Å². The number of aromatic nitrogens is 2. The highest BCUT2D eigenvalue weighted by Gasteiger charge is 2.24. The fourth-order valence-electron chi connectivity index (χ4n) is 5.09. The minimum absolute atomic E-state index is 0.00669. The Labute approximate surface area is 214 Å². The molecule has 1 fully saturated rings. The maximum Gasteiger partial charge on any atom is 0.303 e. The molecule has 0 bridgehead atoms. The molecule has 1 aliphatic rings. The van der Waals surface area contributed by atoms with Gasteiger partial charge in [0.1, 0.15) is 5.82 Å². The average Bonchev–Trinajstić information content (AvgIpc) is 3.23. The molecule has 3 aromatic carbocycles. The van der Waals surface area contributed by atoms with E-state index < -0.39 is 5.97 Å². The number of carbonyl (C=O) groups is 1. The predicted molar refractivity (Wildman–Crippen MR) is 141 cm³/mol. The van der Waals surface area contributed by atoms with Crippen LogP contribution in [-0.4, -0.2) is 33.7 Å². The highest BCUT2D eigenvalue weighted by Crippen LogP contribution is 2.36. The Morgan fingerprint density at radius 1 is 0.943 bits per heavy atom. The van der Waals surface area contributed by atoms with E-state index in [1.165, 1.54) is 0 Å². The van der Waals surface area contributed by atoms with E-state index in [1.807, 2.05) is 24.3 Å². The molecular weight excluding hydrogens is 481 g/mol. The van der Waals surface area contributed by atoms with E-state index in [9.17, 15) is 9.90 Å². The molecule has 0 radical (unpaired) electrons. The van der Waals surface area contributed by atoms with Gasteiger partial charge in [0.05, 0.1) is 17.5 Å². The zero-order chi connectivity index (χ0) is 24.4. The molecule has 0 spiro atoms. The monoisotopic (exact) mass is 507 g/mol. The number of fused-ring (bicyclic) bond motifs is 1. The topological polar surface area (TPSA) is 67.1 Å². The van der Waals surface area contributed by atoms with Crippen molar-refractivity contribution in [2.75, 3.05) is 13.1 Å². The van der Waals surface area contributed by atoms with Crippen molar-refractivity contribution in [1.82, 2.24) is 14.9 Å². The van der Waals surface area contributed by atoms with Crippen molar-refractivity contribution in [2.45, 2.75) is 37.6 Å². The maximum atomic E-state index is 11.3. The predicted octanol–water partition coefficient (Wildman–Crippen LogP) is 6.47. The maximum absolute atomic E-state index is 11.3. The molecule has 180 valence electrons. The number of halogens is 2. The molecular formula is C28H27Cl2N3O2. The number of rotatable bonds is 7. The van der Waals surface area contributed by atoms with E-state index in [4.69, 9.17) is 28.2 Å². The van der Waals surface area contributed by atoms with Crippen molar-refractivity contribution in [2.24, 2.45) is 0 Å². The summed E-state index contributed by atoms with van der Waals surface area (Å²) in [5.41, 5.74) is 5.37. The summed E-state index contributed by atoms with van der Waals surface area (Å²) in [7, 11) is 0. The minimum atomic E-state index is -0.805. The van der Waals surface area contributed by atoms with Crippen LogP contribution in [0.5, 0.6) is 0 Å². The van der Waals surface area contributed by atoms with Crippen LogP contribution in [0.25, 0.3) is 11.0 Å². The van der Waals surface area contributed by atoms with E-state index in [-0.39, 0.29) is 12.3 Å². The smallest absolute Gasteiger partial charge is 0.303 e. The molecule has 2 heterocycles. The lowest BCUT2D eigenvalue weighted by Crippen LogP contribution is -2.30. The van der Waals surface area contributed by atoms with Crippen LogP contribution < -0.4 is 5.32 Å². The Hall–Kier alpha value is -2.86. The van der Waals surface area contributed by atoms with E-state index in [2.05, 4.69) is 52.3 Å². The van der Waals surface area contributed by atoms with Gasteiger partial charge < -0.3 is 15.0 Å². The van der Waals surface area contributed by atoms with Crippen molar-refractivity contribution in [1.29, 1.82) is 0 Å². The normalized spacial score (nSPS) is 14.6. The third-order valence-corrected chi connectivity index (χ3v) is 7.27. The van der Waals surface area contributed by atoms with Gasteiger partial charge in [0.25, 0.3) is 0 Å². The van der Waals surface area contributed by atoms with Gasteiger partial charge >= 0.3 is 5.97 Å². The summed E-state index contributed by atoms with van der Waals surface area (Å²) < 4.78 is 2.30. The highest BCUT2D eigenvalue weighted by atomic mass is 35.5. The summed E-state index contributed by atoms with van der Waals surface area (Å²) in [5.74, 6) is 0.0360. The lowest BCUT2D eigenvalue weighted by molar-refractivity contribution is -0.137. The molecule has 0 saturated carbocycles. The van der Waals surface area contributed by atoms with Crippen LogP contribution in [0.2, 0.25) is 10.0 Å². The number of imidazole rings is 1. The summed E-state index contributed by atoms with van der Waals surface area (Å²) in [6, 6.07) is 22.6. The first-order chi connectivity index (χ1) is 17.0. The van der Waals surface area contributed by atoms with Crippen LogP contribution in [0.3, 0.4) is 0 Å². The first kappa shape index (κ1) is 23.9. The van der Waals surface area contributed by atoms with Crippen LogP contribution in [0.15, 0.2) is 66.7 Å². The van der Waals surface area contributed by atoms with Gasteiger partial charge in [0.2, 0.25) is 0 Å². The number of hydrogen-bond donors (Lipinski definition) is 2. The highest BCUT2D eigenvalue weighted by molar-refractivity contribution is 6.30. The second-order valence-electron chi connectivity index (χ2n) is 9.06. The summed E-state index contributed by atoms with van der Waals surface area (Å²) in [6.07, 6.45) is 2.47. The van der Waals surface area contributed by atoms with Crippen LogP contribution in [0, 0.1) is 0 Å². The molecule has 0 amide bonds. The van der Waals surface area contributed by atoms with Crippen molar-refractivity contribution in [3.05, 3.63) is 99.3 Å². The van der Waals surface area contributed by atoms with E-state index in [1.54, 1.807) is 0 Å². The molecule has 0 aliphatic carbocycles. The number of hydrogen-bond acceptors (Lipinski definition) is 3. The molecule has 1 aliphatic heterocycles. The van der Waals surface area contributed by atoms with Crippen LogP contribution in [0.1, 0.15) is 53.7 Å². The summed E-state index contributed by atoms with van der Waals surface area (Å²) in [5, 5.41) is 14.1. The van der Waals surface area contributed by atoms with Gasteiger partial charge in [-0.1, -0.05) is 53.5 Å². The molecule has 4 aromatic rings. The standard InChI is InChI=1S/C28H27Cl2N3O2/c29-21-6-1-18(2-7-21)28(19-3-8-22(30)9-4-19)20-5-10-24-25(17-20)33(23-13-15-31-16-14-23)26(32-24)11-12-27(34)35/h1-10,17,23,28,31H,11-16H2,(H,34,35). The Morgan fingerprint density at radius 3 is 2.09 bits per heavy atom. The van der Waals surface area contributed by atoms with Crippen LogP contribution in [0.4, 0.5) is 0 Å². The molecule has 5 nitrogen and oxygen atoms in total. The Morgan fingerprint density at radius 2 is 1.51 bits per heavy atom. The lowest BCUT2D eigenvalue weighted by Gasteiger charge is -2.27. The molecule has 5 rings (SSSR count). The SMILES string of the molecule is O=C(O)CCc1nc2ccc(C(c3ccc(Cl)cc3)c3ccc(Cl)cc3)cc2n1C1CCNCC1. The summed E-state index contributed by atoms with van der Waals surface area (Å²) in [6.45, 7) is 1.89. The summed E-state index contributed by atoms with van der Waals surface area (Å²) in [4.78, 5) is 16.2. The quantitative estimate of drug-likeness (QED) is 0.281. The number of piperidine rings is 1. The van der Waals surface area contributed by atoms with Gasteiger partial charge in [-0.2, -0.15) is 0 Å². The second-order valence-corrected chi connectivity index (χ2v) is 9.93. The number of carboxylic acid groups (broad SMARTS) is 1. The van der Waals surface area contributed by atoms with Crippen LogP contribution >= 0.6 is 23.2 Å². The first-order valence-corrected chi connectivity index (χ1v) is 12.7. The third kappa shape index (κ3) is 5.22. The number of aryl methyl sites for hydroxylation is 1. The number of carboxylic acids is 1. The fraction of sp³-hybridized carbons (Fsp3) is 0.286. The molecule has 1 aromatic heterocycles. The molecule has 0 atom stereocenters. The van der Waals surface area contributed by atoms with Gasteiger partial charge in [-0.3, -0.25) is 4.79 Å². The molecule has 0 unspecified atom stereocenters. The Balaban J connectivity index is 1.65. The van der Waals surface area contributed by atoms with Crippen molar-refractivity contribution in [3.63, 3.8) is 0 Å². The lowest BCUT2D eigenvalue weighted by atomic mass is 9.85. The number of benzene rings is 3. The molecule has 1 saturated heterocycles.